The van der Waals surface area contributed by atoms with E-state index < -0.39 is 0 Å². The van der Waals surface area contributed by atoms with Gasteiger partial charge < -0.3 is 24.4 Å². The lowest BCUT2D eigenvalue weighted by molar-refractivity contribution is 0.0631. The van der Waals surface area contributed by atoms with Gasteiger partial charge in [-0.3, -0.25) is 4.79 Å². The molecule has 0 aliphatic carbocycles. The molecule has 0 radical (unpaired) electrons. The van der Waals surface area contributed by atoms with Gasteiger partial charge in [-0.2, -0.15) is 0 Å². The second kappa shape index (κ2) is 9.48. The maximum absolute atomic E-state index is 13.2. The normalized spacial score (nSPS) is 16.3. The molecule has 27 heavy (non-hydrogen) atoms. The van der Waals surface area contributed by atoms with Crippen molar-refractivity contribution >= 4 is 18.3 Å². The summed E-state index contributed by atoms with van der Waals surface area (Å²) in [5, 5.41) is 3.37. The van der Waals surface area contributed by atoms with Gasteiger partial charge >= 0.3 is 0 Å². The summed E-state index contributed by atoms with van der Waals surface area (Å²) >= 11 is 0. The van der Waals surface area contributed by atoms with Crippen molar-refractivity contribution in [3.63, 3.8) is 0 Å². The van der Waals surface area contributed by atoms with E-state index >= 15 is 0 Å². The van der Waals surface area contributed by atoms with E-state index in [2.05, 4.69) is 5.32 Å². The quantitative estimate of drug-likeness (QED) is 0.847. The molecule has 1 saturated heterocycles. The van der Waals surface area contributed by atoms with Gasteiger partial charge in [-0.1, -0.05) is 18.2 Å². The SMILES string of the molecule is COc1ccc(C(=O)N2CCNCC2c2ccccc2OC)cc1OC.Cl. The zero-order valence-electron chi connectivity index (χ0n) is 15.7. The second-order valence-corrected chi connectivity index (χ2v) is 6.03. The van der Waals surface area contributed by atoms with Gasteiger partial charge in [0.05, 0.1) is 27.4 Å². The summed E-state index contributed by atoms with van der Waals surface area (Å²) in [6.45, 7) is 2.06. The van der Waals surface area contributed by atoms with Crippen molar-refractivity contribution in [2.24, 2.45) is 0 Å². The molecule has 0 bridgehead atoms. The number of benzene rings is 2. The summed E-state index contributed by atoms with van der Waals surface area (Å²) in [6.07, 6.45) is 0. The zero-order chi connectivity index (χ0) is 18.5. The molecule has 0 aromatic heterocycles. The van der Waals surface area contributed by atoms with Crippen LogP contribution in [0.25, 0.3) is 0 Å². The lowest BCUT2D eigenvalue weighted by atomic mass is 10.0. The molecule has 1 aliphatic heterocycles. The number of nitrogens with zero attached hydrogens (tertiary/aromatic N) is 1. The minimum Gasteiger partial charge on any atom is -0.496 e. The van der Waals surface area contributed by atoms with Gasteiger partial charge in [0.15, 0.2) is 11.5 Å². The van der Waals surface area contributed by atoms with Crippen LogP contribution in [0.3, 0.4) is 0 Å². The summed E-state index contributed by atoms with van der Waals surface area (Å²) in [5.74, 6) is 1.89. The van der Waals surface area contributed by atoms with Crippen molar-refractivity contribution < 1.29 is 19.0 Å². The second-order valence-electron chi connectivity index (χ2n) is 6.03. The Hall–Kier alpha value is -2.44. The van der Waals surface area contributed by atoms with E-state index in [9.17, 15) is 4.79 Å². The van der Waals surface area contributed by atoms with Gasteiger partial charge in [0, 0.05) is 30.8 Å². The molecule has 1 atom stereocenters. The first kappa shape index (κ1) is 20.9. The van der Waals surface area contributed by atoms with Gasteiger partial charge in [0.25, 0.3) is 5.91 Å². The molecule has 1 aliphatic rings. The van der Waals surface area contributed by atoms with Crippen LogP contribution in [0, 0.1) is 0 Å². The van der Waals surface area contributed by atoms with Crippen LogP contribution in [0.5, 0.6) is 17.2 Å². The van der Waals surface area contributed by atoms with E-state index in [0.717, 1.165) is 17.9 Å². The molecule has 0 saturated carbocycles. The van der Waals surface area contributed by atoms with Crippen LogP contribution in [0.1, 0.15) is 22.0 Å². The Labute approximate surface area is 165 Å². The van der Waals surface area contributed by atoms with E-state index in [1.165, 1.54) is 0 Å². The molecular formula is C20H25ClN2O4. The number of halogens is 1. The highest BCUT2D eigenvalue weighted by atomic mass is 35.5. The third-order valence-corrected chi connectivity index (χ3v) is 4.63. The van der Waals surface area contributed by atoms with Crippen molar-refractivity contribution in [2.45, 2.75) is 6.04 Å². The fourth-order valence-electron chi connectivity index (χ4n) is 3.30. The lowest BCUT2D eigenvalue weighted by Crippen LogP contribution is -2.48. The van der Waals surface area contributed by atoms with Gasteiger partial charge in [-0.15, -0.1) is 12.4 Å². The summed E-state index contributed by atoms with van der Waals surface area (Å²) in [7, 11) is 4.79. The number of carbonyl (C=O) groups is 1. The number of ether oxygens (including phenoxy) is 3. The van der Waals surface area contributed by atoms with Crippen LogP contribution in [-0.2, 0) is 0 Å². The first-order chi connectivity index (χ1) is 12.7. The Morgan fingerprint density at radius 1 is 1.00 bits per heavy atom. The van der Waals surface area contributed by atoms with Gasteiger partial charge in [-0.25, -0.2) is 0 Å². The molecule has 1 unspecified atom stereocenters. The third-order valence-electron chi connectivity index (χ3n) is 4.63. The predicted molar refractivity (Wildman–Crippen MR) is 106 cm³/mol. The molecule has 1 heterocycles. The third kappa shape index (κ3) is 4.28. The molecule has 2 aromatic rings. The number of hydrogen-bond donors (Lipinski definition) is 1. The number of carbonyl (C=O) groups excluding carboxylic acids is 1. The smallest absolute Gasteiger partial charge is 0.254 e. The maximum Gasteiger partial charge on any atom is 0.254 e. The van der Waals surface area contributed by atoms with Crippen LogP contribution in [0.4, 0.5) is 0 Å². The van der Waals surface area contributed by atoms with Crippen molar-refractivity contribution in [1.82, 2.24) is 10.2 Å². The molecular weight excluding hydrogens is 368 g/mol. The molecule has 1 N–H and O–H groups in total. The summed E-state index contributed by atoms with van der Waals surface area (Å²) in [5.41, 5.74) is 1.57. The van der Waals surface area contributed by atoms with Crippen molar-refractivity contribution in [3.8, 4) is 17.2 Å². The average molecular weight is 393 g/mol. The number of hydrogen-bond acceptors (Lipinski definition) is 5. The molecule has 2 aromatic carbocycles. The Bertz CT molecular complexity index is 784. The molecule has 146 valence electrons. The topological polar surface area (TPSA) is 60.0 Å². The number of methoxy groups -OCH3 is 3. The summed E-state index contributed by atoms with van der Waals surface area (Å²) in [6, 6.07) is 13.0. The summed E-state index contributed by atoms with van der Waals surface area (Å²) < 4.78 is 16.1. The van der Waals surface area contributed by atoms with E-state index in [4.69, 9.17) is 14.2 Å². The fourth-order valence-corrected chi connectivity index (χ4v) is 3.30. The Morgan fingerprint density at radius 3 is 2.41 bits per heavy atom. The Balaban J connectivity index is 0.00000261. The highest BCUT2D eigenvalue weighted by Gasteiger charge is 2.30. The van der Waals surface area contributed by atoms with Crippen LogP contribution >= 0.6 is 12.4 Å². The number of amides is 1. The lowest BCUT2D eigenvalue weighted by Gasteiger charge is -2.37. The van der Waals surface area contributed by atoms with Gasteiger partial charge in [0.1, 0.15) is 5.75 Å². The standard InChI is InChI=1S/C20H24N2O4.ClH/c1-24-17-7-5-4-6-15(17)16-13-21-10-11-22(16)20(23)14-8-9-18(25-2)19(12-14)26-3;/h4-9,12,16,21H,10-11,13H2,1-3H3;1H. The number of rotatable bonds is 5. The monoisotopic (exact) mass is 392 g/mol. The number of nitrogens with one attached hydrogen (secondary N) is 1. The fraction of sp³-hybridized carbons (Fsp3) is 0.350. The molecule has 1 amide bonds. The Kier molecular flexibility index (Phi) is 7.33. The van der Waals surface area contributed by atoms with Crippen LogP contribution in [0.2, 0.25) is 0 Å². The minimum absolute atomic E-state index is 0. The van der Waals surface area contributed by atoms with Gasteiger partial charge in [-0.05, 0) is 24.3 Å². The maximum atomic E-state index is 13.2. The van der Waals surface area contributed by atoms with E-state index in [0.29, 0.717) is 30.2 Å². The van der Waals surface area contributed by atoms with E-state index in [1.807, 2.05) is 29.2 Å². The zero-order valence-corrected chi connectivity index (χ0v) is 16.5. The van der Waals surface area contributed by atoms with Crippen LogP contribution in [-0.4, -0.2) is 51.8 Å². The van der Waals surface area contributed by atoms with Gasteiger partial charge in [0.2, 0.25) is 0 Å². The van der Waals surface area contributed by atoms with Crippen LogP contribution in [0.15, 0.2) is 42.5 Å². The van der Waals surface area contributed by atoms with E-state index in [1.54, 1.807) is 39.5 Å². The van der Waals surface area contributed by atoms with Crippen molar-refractivity contribution in [2.75, 3.05) is 41.0 Å². The molecule has 0 spiro atoms. The Morgan fingerprint density at radius 2 is 1.70 bits per heavy atom. The highest BCUT2D eigenvalue weighted by Crippen LogP contribution is 2.33. The van der Waals surface area contributed by atoms with Crippen molar-refractivity contribution in [1.29, 1.82) is 0 Å². The summed E-state index contributed by atoms with van der Waals surface area (Å²) in [4.78, 5) is 15.1. The minimum atomic E-state index is -0.0968. The highest BCUT2D eigenvalue weighted by molar-refractivity contribution is 5.95. The number of piperazine rings is 1. The first-order valence-corrected chi connectivity index (χ1v) is 8.56. The molecule has 7 heteroatoms. The van der Waals surface area contributed by atoms with Crippen molar-refractivity contribution in [3.05, 3.63) is 53.6 Å². The average Bonchev–Trinajstić information content (AvgIpc) is 2.72. The van der Waals surface area contributed by atoms with Crippen LogP contribution < -0.4 is 19.5 Å². The molecule has 1 fully saturated rings. The largest absolute Gasteiger partial charge is 0.496 e. The molecule has 6 nitrogen and oxygen atoms in total. The number of para-hydroxylation sites is 1. The first-order valence-electron chi connectivity index (χ1n) is 8.56. The molecule has 3 rings (SSSR count). The van der Waals surface area contributed by atoms with E-state index in [-0.39, 0.29) is 24.4 Å². The predicted octanol–water partition coefficient (Wildman–Crippen LogP) is 2.92.